The van der Waals surface area contributed by atoms with E-state index in [0.717, 1.165) is 0 Å². The first-order valence-corrected chi connectivity index (χ1v) is 5.57. The Hall–Kier alpha value is -1.07. The minimum absolute atomic E-state index is 0.132. The highest BCUT2D eigenvalue weighted by Gasteiger charge is 2.26. The molecule has 0 radical (unpaired) electrons. The van der Waals surface area contributed by atoms with Gasteiger partial charge in [-0.15, -0.1) is 6.58 Å². The van der Waals surface area contributed by atoms with Crippen molar-refractivity contribution in [3.63, 3.8) is 0 Å². The fraction of sp³-hybridized carbons (Fsp3) is 0.750. The molecule has 0 unspecified atom stereocenters. The molecule has 0 aromatic heterocycles. The minimum atomic E-state index is -0.566. The molecule has 100 valence electrons. The average molecular weight is 245 g/mol. The Labute approximate surface area is 103 Å². The molecule has 0 aromatic rings. The molecule has 0 fully saturated rings. The van der Waals surface area contributed by atoms with E-state index >= 15 is 0 Å². The van der Waals surface area contributed by atoms with Crippen molar-refractivity contribution in [1.82, 2.24) is 4.90 Å². The summed E-state index contributed by atoms with van der Waals surface area (Å²) >= 11 is 0. The number of carbonyl (C=O) groups is 1. The number of amides is 1. The van der Waals surface area contributed by atoms with Gasteiger partial charge in [0, 0.05) is 13.7 Å². The van der Waals surface area contributed by atoms with Gasteiger partial charge in [-0.2, -0.15) is 0 Å². The summed E-state index contributed by atoms with van der Waals surface area (Å²) in [7, 11) is 1.54. The molecule has 0 aromatic carbocycles. The molecule has 0 heterocycles. The van der Waals surface area contributed by atoms with Gasteiger partial charge in [-0.05, 0) is 20.8 Å². The number of nitrogens with zero attached hydrogens (tertiary/aromatic N) is 1. The van der Waals surface area contributed by atoms with Crippen LogP contribution in [0.2, 0.25) is 0 Å². The van der Waals surface area contributed by atoms with Gasteiger partial charge in [-0.25, -0.2) is 4.79 Å². The first kappa shape index (κ1) is 15.9. The van der Waals surface area contributed by atoms with Gasteiger partial charge in [0.2, 0.25) is 0 Å². The third-order valence-electron chi connectivity index (χ3n) is 1.98. The zero-order valence-corrected chi connectivity index (χ0v) is 11.1. The number of ether oxygens (including phenoxy) is 2. The van der Waals surface area contributed by atoms with E-state index in [1.54, 1.807) is 34.0 Å². The summed E-state index contributed by atoms with van der Waals surface area (Å²) in [6, 6.07) is -0.304. The Kier molecular flexibility index (Phi) is 6.83. The van der Waals surface area contributed by atoms with Crippen molar-refractivity contribution in [3.8, 4) is 0 Å². The van der Waals surface area contributed by atoms with Gasteiger partial charge in [0.25, 0.3) is 0 Å². The molecule has 5 nitrogen and oxygen atoms in total. The van der Waals surface area contributed by atoms with Crippen LogP contribution >= 0.6 is 0 Å². The highest BCUT2D eigenvalue weighted by Crippen LogP contribution is 2.12. The Morgan fingerprint density at radius 2 is 2.12 bits per heavy atom. The van der Waals surface area contributed by atoms with Crippen molar-refractivity contribution >= 4 is 6.09 Å². The Bertz CT molecular complexity index is 247. The minimum Gasteiger partial charge on any atom is -0.444 e. The summed E-state index contributed by atoms with van der Waals surface area (Å²) in [4.78, 5) is 13.3. The van der Waals surface area contributed by atoms with Crippen LogP contribution in [0.15, 0.2) is 12.7 Å². The van der Waals surface area contributed by atoms with Crippen LogP contribution in [0.4, 0.5) is 4.79 Å². The van der Waals surface area contributed by atoms with Crippen molar-refractivity contribution in [1.29, 1.82) is 0 Å². The van der Waals surface area contributed by atoms with E-state index in [1.165, 1.54) is 4.90 Å². The van der Waals surface area contributed by atoms with Crippen LogP contribution < -0.4 is 0 Å². The number of carbonyl (C=O) groups excluding carboxylic acids is 1. The largest absolute Gasteiger partial charge is 0.444 e. The third kappa shape index (κ3) is 6.28. The summed E-state index contributed by atoms with van der Waals surface area (Å²) in [5.41, 5.74) is -0.566. The van der Waals surface area contributed by atoms with E-state index in [1.807, 2.05) is 0 Å². The Balaban J connectivity index is 4.69. The molecule has 0 saturated carbocycles. The second kappa shape index (κ2) is 7.29. The van der Waals surface area contributed by atoms with Crippen molar-refractivity contribution in [3.05, 3.63) is 12.7 Å². The van der Waals surface area contributed by atoms with Gasteiger partial charge in [0.05, 0.1) is 19.3 Å². The molecule has 0 aliphatic carbocycles. The summed E-state index contributed by atoms with van der Waals surface area (Å²) in [5, 5.41) is 8.97. The fourth-order valence-electron chi connectivity index (χ4n) is 1.28. The molecule has 0 aliphatic rings. The third-order valence-corrected chi connectivity index (χ3v) is 1.98. The van der Waals surface area contributed by atoms with Gasteiger partial charge in [0.1, 0.15) is 5.60 Å². The van der Waals surface area contributed by atoms with Gasteiger partial charge >= 0.3 is 6.09 Å². The summed E-state index contributed by atoms with van der Waals surface area (Å²) in [6.07, 6.45) is 1.12. The van der Waals surface area contributed by atoms with Crippen LogP contribution in [0.5, 0.6) is 0 Å². The van der Waals surface area contributed by atoms with E-state index in [9.17, 15) is 4.79 Å². The van der Waals surface area contributed by atoms with Crippen molar-refractivity contribution in [2.45, 2.75) is 32.4 Å². The smallest absolute Gasteiger partial charge is 0.410 e. The van der Waals surface area contributed by atoms with Crippen LogP contribution in [-0.4, -0.2) is 54.6 Å². The number of aliphatic hydroxyl groups is 1. The Morgan fingerprint density at radius 1 is 1.53 bits per heavy atom. The fourth-order valence-corrected chi connectivity index (χ4v) is 1.28. The second-order valence-electron chi connectivity index (χ2n) is 4.66. The zero-order chi connectivity index (χ0) is 13.5. The lowest BCUT2D eigenvalue weighted by Crippen LogP contribution is -2.45. The van der Waals surface area contributed by atoms with Crippen molar-refractivity contribution < 1.29 is 19.4 Å². The topological polar surface area (TPSA) is 59.0 Å². The van der Waals surface area contributed by atoms with E-state index in [0.29, 0.717) is 6.61 Å². The van der Waals surface area contributed by atoms with Crippen LogP contribution in [0.25, 0.3) is 0 Å². The SMILES string of the molecule is C=C[C@@H](COC)N(CCO)C(=O)OC(C)(C)C. The lowest BCUT2D eigenvalue weighted by atomic mass is 10.2. The van der Waals surface area contributed by atoms with E-state index in [4.69, 9.17) is 14.6 Å². The molecular weight excluding hydrogens is 222 g/mol. The molecular formula is C12H23NO4. The molecule has 17 heavy (non-hydrogen) atoms. The van der Waals surface area contributed by atoms with E-state index in [-0.39, 0.29) is 19.2 Å². The molecule has 1 N–H and O–H groups in total. The van der Waals surface area contributed by atoms with Gasteiger partial charge in [0.15, 0.2) is 0 Å². The predicted octanol–water partition coefficient (Wildman–Crippen LogP) is 1.42. The standard InChI is InChI=1S/C12H23NO4/c1-6-10(9-16-5)13(7-8-14)11(15)17-12(2,3)4/h6,10,14H,1,7-9H2,2-5H3/t10-/m0/s1. The lowest BCUT2D eigenvalue weighted by Gasteiger charge is -2.31. The maximum atomic E-state index is 11.9. The number of aliphatic hydroxyl groups excluding tert-OH is 1. The molecule has 0 aliphatic heterocycles. The Morgan fingerprint density at radius 3 is 2.47 bits per heavy atom. The van der Waals surface area contributed by atoms with Gasteiger partial charge < -0.3 is 14.6 Å². The molecule has 0 spiro atoms. The maximum absolute atomic E-state index is 11.9. The van der Waals surface area contributed by atoms with Crippen LogP contribution in [0.1, 0.15) is 20.8 Å². The average Bonchev–Trinajstić information content (AvgIpc) is 2.20. The molecule has 1 amide bonds. The molecule has 0 bridgehead atoms. The van der Waals surface area contributed by atoms with E-state index < -0.39 is 11.7 Å². The molecule has 0 rings (SSSR count). The molecule has 1 atom stereocenters. The van der Waals surface area contributed by atoms with Gasteiger partial charge in [-0.3, -0.25) is 4.90 Å². The second-order valence-corrected chi connectivity index (χ2v) is 4.66. The quantitative estimate of drug-likeness (QED) is 0.719. The number of hydrogen-bond donors (Lipinski definition) is 1. The summed E-state index contributed by atoms with van der Waals surface area (Å²) in [6.45, 7) is 9.41. The van der Waals surface area contributed by atoms with Gasteiger partial charge in [-0.1, -0.05) is 6.08 Å². The van der Waals surface area contributed by atoms with Crippen LogP contribution in [0.3, 0.4) is 0 Å². The maximum Gasteiger partial charge on any atom is 0.410 e. The summed E-state index contributed by atoms with van der Waals surface area (Å²) < 4.78 is 10.3. The first-order chi connectivity index (χ1) is 7.85. The molecule has 5 heteroatoms. The van der Waals surface area contributed by atoms with E-state index in [2.05, 4.69) is 6.58 Å². The molecule has 0 saturated heterocycles. The van der Waals surface area contributed by atoms with Crippen LogP contribution in [-0.2, 0) is 9.47 Å². The first-order valence-electron chi connectivity index (χ1n) is 5.57. The number of rotatable bonds is 6. The highest BCUT2D eigenvalue weighted by molar-refractivity contribution is 5.68. The summed E-state index contributed by atoms with van der Waals surface area (Å²) in [5.74, 6) is 0. The van der Waals surface area contributed by atoms with Crippen molar-refractivity contribution in [2.24, 2.45) is 0 Å². The van der Waals surface area contributed by atoms with Crippen molar-refractivity contribution in [2.75, 3.05) is 26.9 Å². The lowest BCUT2D eigenvalue weighted by molar-refractivity contribution is 0.00840. The number of hydrogen-bond acceptors (Lipinski definition) is 4. The normalized spacial score (nSPS) is 13.0. The highest BCUT2D eigenvalue weighted by atomic mass is 16.6. The zero-order valence-electron chi connectivity index (χ0n) is 11.1. The number of methoxy groups -OCH3 is 1. The monoisotopic (exact) mass is 245 g/mol. The van der Waals surface area contributed by atoms with Crippen LogP contribution in [0, 0.1) is 0 Å². The predicted molar refractivity (Wildman–Crippen MR) is 65.9 cm³/mol.